The molecule has 0 aliphatic carbocycles. The van der Waals surface area contributed by atoms with Gasteiger partial charge in [-0.05, 0) is 18.6 Å². The van der Waals surface area contributed by atoms with Crippen LogP contribution in [0.3, 0.4) is 0 Å². The average molecular weight is 220 g/mol. The maximum Gasteiger partial charge on any atom is 0.142 e. The molecule has 0 aromatic heterocycles. The summed E-state index contributed by atoms with van der Waals surface area (Å²) in [5, 5.41) is 3.28. The van der Waals surface area contributed by atoms with E-state index in [9.17, 15) is 0 Å². The van der Waals surface area contributed by atoms with Crippen LogP contribution in [0.4, 0.5) is 5.69 Å². The lowest BCUT2D eigenvalue weighted by atomic mass is 10.2. The zero-order valence-corrected chi connectivity index (χ0v) is 9.62. The minimum Gasteiger partial charge on any atom is -0.497 e. The Balaban J connectivity index is 2.22. The molecule has 0 fully saturated rings. The van der Waals surface area contributed by atoms with Crippen molar-refractivity contribution in [1.29, 1.82) is 0 Å². The van der Waals surface area contributed by atoms with Gasteiger partial charge in [0.05, 0.1) is 19.9 Å². The lowest BCUT2D eigenvalue weighted by Crippen LogP contribution is -2.09. The van der Waals surface area contributed by atoms with Gasteiger partial charge in [0.1, 0.15) is 17.3 Å². The van der Waals surface area contributed by atoms with Gasteiger partial charge in [-0.25, -0.2) is 0 Å². The number of rotatable bonds is 3. The molecule has 16 heavy (non-hydrogen) atoms. The Morgan fingerprint density at radius 3 is 2.75 bits per heavy atom. The van der Waals surface area contributed by atoms with E-state index in [1.54, 1.807) is 14.2 Å². The number of nitrogens with zero attached hydrogens (tertiary/aromatic N) is 1. The smallest absolute Gasteiger partial charge is 0.142 e. The maximum atomic E-state index is 5.28. The van der Waals surface area contributed by atoms with Gasteiger partial charge in [-0.15, -0.1) is 0 Å². The third-order valence-corrected chi connectivity index (χ3v) is 2.56. The summed E-state index contributed by atoms with van der Waals surface area (Å²) in [7, 11) is 3.31. The summed E-state index contributed by atoms with van der Waals surface area (Å²) in [6.07, 6.45) is 2.12. The summed E-state index contributed by atoms with van der Waals surface area (Å²) in [5.41, 5.74) is 0.905. The summed E-state index contributed by atoms with van der Waals surface area (Å²) in [6.45, 7) is 0.911. The van der Waals surface area contributed by atoms with Gasteiger partial charge in [-0.3, -0.25) is 4.99 Å². The molecule has 1 N–H and O–H groups in total. The van der Waals surface area contributed by atoms with E-state index in [0.29, 0.717) is 0 Å². The topological polar surface area (TPSA) is 42.9 Å². The molecule has 1 aliphatic heterocycles. The predicted molar refractivity (Wildman–Crippen MR) is 64.7 cm³/mol. The standard InChI is InChI=1S/C12H16N2O2/c1-15-9-5-6-11(16-2)10(8-9)14-12-4-3-7-13-12/h5-6,8H,3-4,7H2,1-2H3,(H,13,14). The molecular weight excluding hydrogens is 204 g/mol. The Hall–Kier alpha value is -1.71. The molecule has 86 valence electrons. The van der Waals surface area contributed by atoms with Crippen LogP contribution in [-0.2, 0) is 0 Å². The van der Waals surface area contributed by atoms with Crippen LogP contribution in [0.2, 0.25) is 0 Å². The van der Waals surface area contributed by atoms with Crippen molar-refractivity contribution in [1.82, 2.24) is 0 Å². The molecule has 0 amide bonds. The summed E-state index contributed by atoms with van der Waals surface area (Å²) in [6, 6.07) is 5.68. The van der Waals surface area contributed by atoms with Gasteiger partial charge in [0.15, 0.2) is 0 Å². The maximum absolute atomic E-state index is 5.28. The molecule has 4 heteroatoms. The van der Waals surface area contributed by atoms with Crippen LogP contribution in [0.1, 0.15) is 12.8 Å². The zero-order valence-electron chi connectivity index (χ0n) is 9.62. The van der Waals surface area contributed by atoms with E-state index in [2.05, 4.69) is 10.3 Å². The van der Waals surface area contributed by atoms with Crippen molar-refractivity contribution in [3.05, 3.63) is 18.2 Å². The van der Waals surface area contributed by atoms with Crippen molar-refractivity contribution >= 4 is 11.5 Å². The Labute approximate surface area is 95.3 Å². The normalized spacial score (nSPS) is 14.5. The van der Waals surface area contributed by atoms with Gasteiger partial charge in [-0.2, -0.15) is 0 Å². The van der Waals surface area contributed by atoms with E-state index in [0.717, 1.165) is 42.4 Å². The van der Waals surface area contributed by atoms with Gasteiger partial charge >= 0.3 is 0 Å². The highest BCUT2D eigenvalue weighted by molar-refractivity contribution is 5.97. The lowest BCUT2D eigenvalue weighted by molar-refractivity contribution is 0.405. The fourth-order valence-electron chi connectivity index (χ4n) is 1.71. The second kappa shape index (κ2) is 4.88. The van der Waals surface area contributed by atoms with E-state index in [1.165, 1.54) is 0 Å². The number of hydrogen-bond donors (Lipinski definition) is 1. The monoisotopic (exact) mass is 220 g/mol. The molecule has 0 spiro atoms. The highest BCUT2D eigenvalue weighted by Crippen LogP contribution is 2.29. The SMILES string of the molecule is COc1ccc(OC)c(NC2=NCCC2)c1. The first kappa shape index (κ1) is 10.8. The number of benzene rings is 1. The number of aliphatic imine (C=N–C) groups is 1. The van der Waals surface area contributed by atoms with Gasteiger partial charge in [0, 0.05) is 19.0 Å². The van der Waals surface area contributed by atoms with Crippen LogP contribution in [0.25, 0.3) is 0 Å². The fraction of sp³-hybridized carbons (Fsp3) is 0.417. The third kappa shape index (κ3) is 2.27. The second-order valence-electron chi connectivity index (χ2n) is 3.62. The first-order valence-corrected chi connectivity index (χ1v) is 5.36. The molecule has 0 radical (unpaired) electrons. The predicted octanol–water partition coefficient (Wildman–Crippen LogP) is 2.31. The minimum atomic E-state index is 0.801. The molecule has 0 saturated carbocycles. The van der Waals surface area contributed by atoms with Crippen molar-refractivity contribution in [2.45, 2.75) is 12.8 Å². The molecule has 1 aromatic carbocycles. The highest BCUT2D eigenvalue weighted by Gasteiger charge is 2.10. The van der Waals surface area contributed by atoms with Crippen LogP contribution < -0.4 is 14.8 Å². The summed E-state index contributed by atoms with van der Waals surface area (Å²) >= 11 is 0. The highest BCUT2D eigenvalue weighted by atomic mass is 16.5. The number of anilines is 1. The zero-order chi connectivity index (χ0) is 11.4. The molecule has 2 rings (SSSR count). The molecule has 0 bridgehead atoms. The Bertz CT molecular complexity index is 402. The number of methoxy groups -OCH3 is 2. The molecule has 4 nitrogen and oxygen atoms in total. The molecule has 1 aromatic rings. The Morgan fingerprint density at radius 1 is 1.25 bits per heavy atom. The van der Waals surface area contributed by atoms with Crippen LogP contribution in [0.5, 0.6) is 11.5 Å². The van der Waals surface area contributed by atoms with Gasteiger partial charge in [0.2, 0.25) is 0 Å². The van der Waals surface area contributed by atoms with Gasteiger partial charge in [-0.1, -0.05) is 0 Å². The number of ether oxygens (including phenoxy) is 2. The van der Waals surface area contributed by atoms with Gasteiger partial charge < -0.3 is 14.8 Å². The first-order valence-electron chi connectivity index (χ1n) is 5.36. The van der Waals surface area contributed by atoms with Crippen molar-refractivity contribution < 1.29 is 9.47 Å². The quantitative estimate of drug-likeness (QED) is 0.850. The van der Waals surface area contributed by atoms with Crippen LogP contribution in [0.15, 0.2) is 23.2 Å². The average Bonchev–Trinajstić information content (AvgIpc) is 2.82. The Kier molecular flexibility index (Phi) is 3.29. The van der Waals surface area contributed by atoms with E-state index in [-0.39, 0.29) is 0 Å². The van der Waals surface area contributed by atoms with E-state index >= 15 is 0 Å². The van der Waals surface area contributed by atoms with Crippen LogP contribution >= 0.6 is 0 Å². The summed E-state index contributed by atoms with van der Waals surface area (Å²) in [4.78, 5) is 4.37. The molecule has 1 aliphatic rings. The minimum absolute atomic E-state index is 0.801. The van der Waals surface area contributed by atoms with E-state index in [1.807, 2.05) is 18.2 Å². The molecule has 0 atom stereocenters. The molecule has 0 unspecified atom stereocenters. The van der Waals surface area contributed by atoms with Crippen molar-refractivity contribution in [2.75, 3.05) is 26.1 Å². The van der Waals surface area contributed by atoms with E-state index in [4.69, 9.17) is 9.47 Å². The van der Waals surface area contributed by atoms with Crippen molar-refractivity contribution in [2.24, 2.45) is 4.99 Å². The Morgan fingerprint density at radius 2 is 2.12 bits per heavy atom. The number of nitrogens with one attached hydrogen (secondary N) is 1. The molecule has 0 saturated heterocycles. The third-order valence-electron chi connectivity index (χ3n) is 2.56. The van der Waals surface area contributed by atoms with Crippen molar-refractivity contribution in [3.63, 3.8) is 0 Å². The van der Waals surface area contributed by atoms with Crippen LogP contribution in [0, 0.1) is 0 Å². The lowest BCUT2D eigenvalue weighted by Gasteiger charge is -2.12. The first-order chi connectivity index (χ1) is 7.83. The number of hydrogen-bond acceptors (Lipinski definition) is 4. The van der Waals surface area contributed by atoms with E-state index < -0.39 is 0 Å². The largest absolute Gasteiger partial charge is 0.497 e. The fourth-order valence-corrected chi connectivity index (χ4v) is 1.71. The van der Waals surface area contributed by atoms with Crippen molar-refractivity contribution in [3.8, 4) is 11.5 Å². The molecule has 1 heterocycles. The van der Waals surface area contributed by atoms with Crippen LogP contribution in [-0.4, -0.2) is 26.6 Å². The second-order valence-corrected chi connectivity index (χ2v) is 3.62. The summed E-state index contributed by atoms with van der Waals surface area (Å²) in [5.74, 6) is 2.63. The summed E-state index contributed by atoms with van der Waals surface area (Å²) < 4.78 is 10.5. The molecular formula is C12H16N2O2. The number of amidine groups is 1. The van der Waals surface area contributed by atoms with Gasteiger partial charge in [0.25, 0.3) is 0 Å².